The molecule has 1 aromatic heterocycles. The van der Waals surface area contributed by atoms with Gasteiger partial charge < -0.3 is 34.9 Å². The number of amides is 2. The number of aliphatic imine (C=N–C) groups is 2. The van der Waals surface area contributed by atoms with Crippen LogP contribution in [0.2, 0.25) is 0 Å². The van der Waals surface area contributed by atoms with E-state index in [0.717, 1.165) is 49.3 Å². The summed E-state index contributed by atoms with van der Waals surface area (Å²) in [5.74, 6) is 2.20. The fourth-order valence-electron chi connectivity index (χ4n) is 4.40. The van der Waals surface area contributed by atoms with Crippen molar-refractivity contribution < 1.29 is 19.1 Å². The molecule has 2 bridgehead atoms. The SMILES string of the molecule is CN1CCCN(C)C(=O)COC2=C(OCC(=O)NC3CC3)C=CC(C2)/N=C2\N=CNc3[nH]cc(c32)C1. The van der Waals surface area contributed by atoms with Crippen LogP contribution in [0.15, 0.2) is 39.9 Å². The minimum atomic E-state index is -0.257. The first kappa shape index (κ1) is 24.1. The van der Waals surface area contributed by atoms with Crippen LogP contribution in [0, 0.1) is 0 Å². The minimum absolute atomic E-state index is 0.102. The number of fused-ring (bicyclic) bond motifs is 2. The first-order valence-electron chi connectivity index (χ1n) is 12.4. The average Bonchev–Trinajstić information content (AvgIpc) is 3.58. The van der Waals surface area contributed by atoms with Crippen molar-refractivity contribution in [1.82, 2.24) is 20.1 Å². The van der Waals surface area contributed by atoms with E-state index in [0.29, 0.717) is 30.3 Å². The Kier molecular flexibility index (Phi) is 7.08. The van der Waals surface area contributed by atoms with Gasteiger partial charge in [0, 0.05) is 38.8 Å². The number of ether oxygens (including phenoxy) is 2. The number of aromatic nitrogens is 1. The van der Waals surface area contributed by atoms with E-state index >= 15 is 0 Å². The van der Waals surface area contributed by atoms with Gasteiger partial charge in [0.25, 0.3) is 11.8 Å². The average molecular weight is 496 g/mol. The van der Waals surface area contributed by atoms with E-state index in [1.165, 1.54) is 0 Å². The monoisotopic (exact) mass is 495 g/mol. The molecule has 0 radical (unpaired) electrons. The quantitative estimate of drug-likeness (QED) is 0.580. The van der Waals surface area contributed by atoms with Gasteiger partial charge in [0.15, 0.2) is 24.8 Å². The zero-order chi connectivity index (χ0) is 25.1. The molecule has 1 fully saturated rings. The van der Waals surface area contributed by atoms with Gasteiger partial charge in [-0.05, 0) is 44.5 Å². The maximum atomic E-state index is 12.7. The van der Waals surface area contributed by atoms with Gasteiger partial charge in [-0.1, -0.05) is 6.08 Å². The summed E-state index contributed by atoms with van der Waals surface area (Å²) in [5, 5.41) is 6.08. The van der Waals surface area contributed by atoms with Crippen molar-refractivity contribution in [1.29, 1.82) is 0 Å². The maximum Gasteiger partial charge on any atom is 0.260 e. The lowest BCUT2D eigenvalue weighted by Crippen LogP contribution is -2.33. The molecule has 0 spiro atoms. The summed E-state index contributed by atoms with van der Waals surface area (Å²) in [7, 11) is 3.85. The highest BCUT2D eigenvalue weighted by molar-refractivity contribution is 6.12. The molecule has 36 heavy (non-hydrogen) atoms. The first-order valence-corrected chi connectivity index (χ1v) is 12.4. The van der Waals surface area contributed by atoms with Crippen LogP contribution in [0.3, 0.4) is 0 Å². The number of nitrogens with zero attached hydrogens (tertiary/aromatic N) is 4. The van der Waals surface area contributed by atoms with Gasteiger partial charge in [0.2, 0.25) is 0 Å². The van der Waals surface area contributed by atoms with E-state index in [1.54, 1.807) is 24.4 Å². The van der Waals surface area contributed by atoms with E-state index in [9.17, 15) is 9.59 Å². The number of H-pyrrole nitrogens is 1. The number of amidine groups is 1. The molecule has 192 valence electrons. The maximum absolute atomic E-state index is 12.7. The number of hydrogen-bond donors (Lipinski definition) is 3. The Morgan fingerprint density at radius 1 is 1.31 bits per heavy atom. The number of carbonyl (C=O) groups is 2. The number of rotatable bonds is 4. The van der Waals surface area contributed by atoms with Crippen molar-refractivity contribution >= 4 is 29.8 Å². The van der Waals surface area contributed by atoms with E-state index in [2.05, 4.69) is 32.6 Å². The second-order valence-electron chi connectivity index (χ2n) is 9.66. The second-order valence-corrected chi connectivity index (χ2v) is 9.66. The van der Waals surface area contributed by atoms with Gasteiger partial charge in [-0.3, -0.25) is 14.6 Å². The molecule has 5 rings (SSSR count). The summed E-state index contributed by atoms with van der Waals surface area (Å²) in [6.07, 6.45) is 10.6. The number of allylic oxidation sites excluding steroid dienone is 1. The molecule has 1 saturated carbocycles. The lowest BCUT2D eigenvalue weighted by molar-refractivity contribution is -0.134. The molecule has 1 unspecified atom stereocenters. The summed E-state index contributed by atoms with van der Waals surface area (Å²) in [5.41, 5.74) is 2.06. The molecule has 2 aliphatic heterocycles. The van der Waals surface area contributed by atoms with Crippen molar-refractivity contribution in [3.05, 3.63) is 41.0 Å². The van der Waals surface area contributed by atoms with Crippen LogP contribution in [0.25, 0.3) is 0 Å². The van der Waals surface area contributed by atoms with Crippen LogP contribution in [0.1, 0.15) is 36.8 Å². The van der Waals surface area contributed by atoms with Crippen LogP contribution in [-0.4, -0.2) is 91.3 Å². The number of aromatic amines is 1. The number of carbonyl (C=O) groups excluding carboxylic acids is 2. The molecule has 1 aromatic rings. The Bertz CT molecular complexity index is 1130. The molecule has 4 aliphatic rings. The number of nitrogens with one attached hydrogen (secondary N) is 3. The Balaban J connectivity index is 1.40. The summed E-state index contributed by atoms with van der Waals surface area (Å²) >= 11 is 0. The zero-order valence-electron chi connectivity index (χ0n) is 20.7. The summed E-state index contributed by atoms with van der Waals surface area (Å²) < 4.78 is 11.8. The number of hydrogen-bond acceptors (Lipinski definition) is 8. The van der Waals surface area contributed by atoms with Crippen LogP contribution >= 0.6 is 0 Å². The smallest absolute Gasteiger partial charge is 0.260 e. The predicted molar refractivity (Wildman–Crippen MR) is 136 cm³/mol. The fraction of sp³-hybridized carbons (Fsp3) is 0.520. The fourth-order valence-corrected chi connectivity index (χ4v) is 4.40. The van der Waals surface area contributed by atoms with Gasteiger partial charge in [-0.25, -0.2) is 4.99 Å². The molecule has 3 N–H and O–H groups in total. The zero-order valence-corrected chi connectivity index (χ0v) is 20.7. The largest absolute Gasteiger partial charge is 0.484 e. The summed E-state index contributed by atoms with van der Waals surface area (Å²) in [6.45, 7) is 1.99. The molecule has 11 heteroatoms. The minimum Gasteiger partial charge on any atom is -0.484 e. The topological polar surface area (TPSA) is 124 Å². The third-order valence-electron chi connectivity index (χ3n) is 6.58. The van der Waals surface area contributed by atoms with E-state index in [1.807, 2.05) is 12.3 Å². The standard InChI is InChI=1S/C25H33N7O4/c1-31-8-3-9-32(2)22(34)14-36-20-10-18(6-7-19(20)35-13-21(33)29-17-4-5-17)30-25-23-16(12-31)11-26-24(23)27-15-28-25/h6-7,11,15,17-18H,3-5,8-10,12-14H2,1-2H3,(H,29,33)(H2,26,27,28,30). The molecule has 0 saturated heterocycles. The third-order valence-corrected chi connectivity index (χ3v) is 6.58. The van der Waals surface area contributed by atoms with Crippen LogP contribution in [0.5, 0.6) is 0 Å². The number of anilines is 1. The molecular weight excluding hydrogens is 462 g/mol. The van der Waals surface area contributed by atoms with E-state index in [-0.39, 0.29) is 37.1 Å². The number of likely N-dealkylation sites (N-methyl/N-ethyl adjacent to an activating group) is 1. The Morgan fingerprint density at radius 2 is 2.17 bits per heavy atom. The van der Waals surface area contributed by atoms with Crippen molar-refractivity contribution in [3.8, 4) is 0 Å². The summed E-state index contributed by atoms with van der Waals surface area (Å²) in [4.78, 5) is 41.5. The highest BCUT2D eigenvalue weighted by atomic mass is 16.5. The Hall–Kier alpha value is -3.60. The molecule has 11 nitrogen and oxygen atoms in total. The van der Waals surface area contributed by atoms with Crippen LogP contribution in [-0.2, 0) is 25.6 Å². The molecule has 0 aromatic carbocycles. The van der Waals surface area contributed by atoms with Crippen LogP contribution in [0.4, 0.5) is 5.82 Å². The second kappa shape index (κ2) is 10.6. The molecule has 3 heterocycles. The van der Waals surface area contributed by atoms with Gasteiger partial charge in [-0.2, -0.15) is 0 Å². The van der Waals surface area contributed by atoms with Crippen molar-refractivity contribution in [3.63, 3.8) is 0 Å². The van der Waals surface area contributed by atoms with E-state index in [4.69, 9.17) is 14.5 Å². The molecule has 2 amide bonds. The Morgan fingerprint density at radius 3 is 3.00 bits per heavy atom. The highest BCUT2D eigenvalue weighted by Gasteiger charge is 2.26. The van der Waals surface area contributed by atoms with E-state index < -0.39 is 0 Å². The van der Waals surface area contributed by atoms with Crippen molar-refractivity contribution in [2.24, 2.45) is 9.98 Å². The van der Waals surface area contributed by atoms with Crippen LogP contribution < -0.4 is 10.6 Å². The van der Waals surface area contributed by atoms with Gasteiger partial charge >= 0.3 is 0 Å². The predicted octanol–water partition coefficient (Wildman–Crippen LogP) is 1.36. The Labute approximate surface area is 210 Å². The summed E-state index contributed by atoms with van der Waals surface area (Å²) in [6, 6.07) is 0.00778. The lowest BCUT2D eigenvalue weighted by atomic mass is 10.1. The molecular formula is C25H33N7O4. The first-order chi connectivity index (χ1) is 17.5. The molecule has 2 aliphatic carbocycles. The highest BCUT2D eigenvalue weighted by Crippen LogP contribution is 2.28. The lowest BCUT2D eigenvalue weighted by Gasteiger charge is -2.24. The normalized spacial score (nSPS) is 24.4. The third kappa shape index (κ3) is 5.78. The van der Waals surface area contributed by atoms with Gasteiger partial charge in [-0.15, -0.1) is 0 Å². The van der Waals surface area contributed by atoms with Gasteiger partial charge in [0.1, 0.15) is 11.6 Å². The van der Waals surface area contributed by atoms with Gasteiger partial charge in [0.05, 0.1) is 17.9 Å². The van der Waals surface area contributed by atoms with Crippen molar-refractivity contribution in [2.45, 2.75) is 44.3 Å². The van der Waals surface area contributed by atoms with Crippen molar-refractivity contribution in [2.75, 3.05) is 45.7 Å². The molecule has 1 atom stereocenters.